The smallest absolute Gasteiger partial charge is 0.340 e. The molecular formula is C13H21ClN2O4. The van der Waals surface area contributed by atoms with Crippen LogP contribution in [0.25, 0.3) is 0 Å². The molecule has 1 aliphatic rings. The van der Waals surface area contributed by atoms with E-state index in [1.807, 2.05) is 0 Å². The second-order valence-corrected chi connectivity index (χ2v) is 4.14. The van der Waals surface area contributed by atoms with Gasteiger partial charge in [-0.05, 0) is 32.8 Å². The number of nitrogens with zero attached hydrogens (tertiary/aromatic N) is 1. The fraction of sp³-hybridized carbons (Fsp3) is 0.615. The second kappa shape index (κ2) is 8.58. The molecule has 1 rings (SSSR count). The van der Waals surface area contributed by atoms with E-state index >= 15 is 0 Å². The number of carbonyl (C=O) groups is 2. The van der Waals surface area contributed by atoms with Gasteiger partial charge >= 0.3 is 11.9 Å². The molecule has 1 unspecified atom stereocenters. The minimum atomic E-state index is -1.16. The Hall–Kier alpha value is -1.56. The minimum absolute atomic E-state index is 0. The van der Waals surface area contributed by atoms with Crippen molar-refractivity contribution in [2.75, 3.05) is 13.2 Å². The molecular weight excluding hydrogens is 284 g/mol. The van der Waals surface area contributed by atoms with E-state index in [9.17, 15) is 9.59 Å². The van der Waals surface area contributed by atoms with Crippen LogP contribution in [-0.2, 0) is 19.1 Å². The maximum atomic E-state index is 12.0. The van der Waals surface area contributed by atoms with Crippen LogP contribution in [0.5, 0.6) is 0 Å². The Labute approximate surface area is 124 Å². The zero-order chi connectivity index (χ0) is 14.3. The van der Waals surface area contributed by atoms with Crippen LogP contribution in [0.15, 0.2) is 16.8 Å². The van der Waals surface area contributed by atoms with Gasteiger partial charge in [-0.25, -0.2) is 4.79 Å². The molecule has 0 saturated carbocycles. The number of nitrogens with two attached hydrogens (primary N) is 1. The predicted octanol–water partition coefficient (Wildman–Crippen LogP) is 1.37. The van der Waals surface area contributed by atoms with Crippen LogP contribution in [-0.4, -0.2) is 36.9 Å². The normalized spacial score (nSPS) is 20.0. The van der Waals surface area contributed by atoms with Crippen molar-refractivity contribution in [3.8, 4) is 0 Å². The molecule has 0 amide bonds. The summed E-state index contributed by atoms with van der Waals surface area (Å²) in [7, 11) is 0. The van der Waals surface area contributed by atoms with Crippen molar-refractivity contribution in [2.24, 2.45) is 10.7 Å². The highest BCUT2D eigenvalue weighted by Crippen LogP contribution is 2.29. The van der Waals surface area contributed by atoms with Gasteiger partial charge in [0.05, 0.1) is 13.2 Å². The Morgan fingerprint density at radius 2 is 1.95 bits per heavy atom. The lowest BCUT2D eigenvalue weighted by Crippen LogP contribution is -2.42. The Kier molecular flexibility index (Phi) is 7.91. The van der Waals surface area contributed by atoms with Crippen LogP contribution in [0.1, 0.15) is 33.1 Å². The first kappa shape index (κ1) is 18.4. The fourth-order valence-corrected chi connectivity index (χ4v) is 1.91. The van der Waals surface area contributed by atoms with Crippen molar-refractivity contribution in [3.05, 3.63) is 11.8 Å². The molecule has 1 atom stereocenters. The van der Waals surface area contributed by atoms with E-state index in [1.54, 1.807) is 19.9 Å². The number of halogens is 1. The average Bonchev–Trinajstić information content (AvgIpc) is 2.73. The molecule has 7 heteroatoms. The van der Waals surface area contributed by atoms with E-state index in [0.717, 1.165) is 0 Å². The van der Waals surface area contributed by atoms with Gasteiger partial charge in [-0.1, -0.05) is 0 Å². The maximum absolute atomic E-state index is 12.0. The summed E-state index contributed by atoms with van der Waals surface area (Å²) in [6, 6.07) is 0. The monoisotopic (exact) mass is 304 g/mol. The van der Waals surface area contributed by atoms with Crippen LogP contribution in [0.2, 0.25) is 0 Å². The third-order valence-corrected chi connectivity index (χ3v) is 2.86. The fourth-order valence-electron chi connectivity index (χ4n) is 1.91. The van der Waals surface area contributed by atoms with Crippen molar-refractivity contribution >= 4 is 30.6 Å². The zero-order valence-electron chi connectivity index (χ0n) is 11.8. The van der Waals surface area contributed by atoms with E-state index in [-0.39, 0.29) is 31.4 Å². The summed E-state index contributed by atoms with van der Waals surface area (Å²) in [5.74, 6) is -0.757. The molecule has 0 aromatic carbocycles. The van der Waals surface area contributed by atoms with Gasteiger partial charge < -0.3 is 15.2 Å². The lowest BCUT2D eigenvalue weighted by Gasteiger charge is -2.25. The first-order chi connectivity index (χ1) is 9.06. The number of hydrogen-bond acceptors (Lipinski definition) is 6. The van der Waals surface area contributed by atoms with Crippen molar-refractivity contribution < 1.29 is 19.1 Å². The van der Waals surface area contributed by atoms with Crippen LogP contribution < -0.4 is 5.73 Å². The Morgan fingerprint density at radius 3 is 2.45 bits per heavy atom. The minimum Gasteiger partial charge on any atom is -0.466 e. The first-order valence-electron chi connectivity index (χ1n) is 6.41. The summed E-state index contributed by atoms with van der Waals surface area (Å²) in [5, 5.41) is 0. The summed E-state index contributed by atoms with van der Waals surface area (Å²) >= 11 is 0. The van der Waals surface area contributed by atoms with E-state index in [2.05, 4.69) is 4.99 Å². The number of allylic oxidation sites excluding steroid dienone is 1. The Balaban J connectivity index is 0.00000361. The molecule has 0 aliphatic carbocycles. The number of hydrogen-bond donors (Lipinski definition) is 1. The van der Waals surface area contributed by atoms with E-state index in [0.29, 0.717) is 25.1 Å². The highest BCUT2D eigenvalue weighted by Gasteiger charge is 2.43. The van der Waals surface area contributed by atoms with Gasteiger partial charge in [0, 0.05) is 18.3 Å². The lowest BCUT2D eigenvalue weighted by atomic mass is 9.91. The highest BCUT2D eigenvalue weighted by atomic mass is 35.5. The number of carbonyl (C=O) groups excluding carboxylic acids is 2. The predicted molar refractivity (Wildman–Crippen MR) is 77.9 cm³/mol. The average molecular weight is 305 g/mol. The summed E-state index contributed by atoms with van der Waals surface area (Å²) < 4.78 is 9.85. The first-order valence-corrected chi connectivity index (χ1v) is 6.41. The number of aliphatic imine (C=N–C) groups is 1. The van der Waals surface area contributed by atoms with Crippen LogP contribution >= 0.6 is 12.4 Å². The van der Waals surface area contributed by atoms with Crippen molar-refractivity contribution in [1.29, 1.82) is 0 Å². The summed E-state index contributed by atoms with van der Waals surface area (Å²) in [6.45, 7) is 4.09. The van der Waals surface area contributed by atoms with E-state index < -0.39 is 11.5 Å². The van der Waals surface area contributed by atoms with Gasteiger partial charge in [-0.15, -0.1) is 12.4 Å². The van der Waals surface area contributed by atoms with Gasteiger partial charge in [0.15, 0.2) is 5.54 Å². The van der Waals surface area contributed by atoms with Gasteiger partial charge in [0.2, 0.25) is 0 Å². The van der Waals surface area contributed by atoms with Gasteiger partial charge in [0.25, 0.3) is 0 Å². The molecule has 114 valence electrons. The quantitative estimate of drug-likeness (QED) is 0.717. The standard InChI is InChI=1S/C13H20N2O4.ClH/c1-3-18-11(16)6-5-8-13(12(17)19-4-2)10(14)7-9-15-13;/h7,9H,3-6,8,14H2,1-2H3;1H. The van der Waals surface area contributed by atoms with Gasteiger partial charge in [-0.3, -0.25) is 9.79 Å². The molecule has 0 bridgehead atoms. The van der Waals surface area contributed by atoms with Crippen molar-refractivity contribution in [3.63, 3.8) is 0 Å². The van der Waals surface area contributed by atoms with E-state index in [1.165, 1.54) is 6.21 Å². The van der Waals surface area contributed by atoms with Crippen LogP contribution in [0.3, 0.4) is 0 Å². The molecule has 1 heterocycles. The van der Waals surface area contributed by atoms with Crippen molar-refractivity contribution in [1.82, 2.24) is 0 Å². The summed E-state index contributed by atoms with van der Waals surface area (Å²) in [4.78, 5) is 27.4. The molecule has 20 heavy (non-hydrogen) atoms. The highest BCUT2D eigenvalue weighted by molar-refractivity contribution is 5.93. The zero-order valence-corrected chi connectivity index (χ0v) is 12.6. The third-order valence-electron chi connectivity index (χ3n) is 2.86. The number of esters is 2. The molecule has 2 N–H and O–H groups in total. The number of ether oxygens (including phenoxy) is 2. The van der Waals surface area contributed by atoms with E-state index in [4.69, 9.17) is 15.2 Å². The molecule has 0 aromatic heterocycles. The second-order valence-electron chi connectivity index (χ2n) is 4.14. The molecule has 0 spiro atoms. The molecule has 1 aliphatic heterocycles. The van der Waals surface area contributed by atoms with Crippen LogP contribution in [0, 0.1) is 0 Å². The molecule has 0 fully saturated rings. The largest absolute Gasteiger partial charge is 0.466 e. The molecule has 0 saturated heterocycles. The Bertz CT molecular complexity index is 409. The third kappa shape index (κ3) is 4.23. The molecule has 0 aromatic rings. The Morgan fingerprint density at radius 1 is 1.30 bits per heavy atom. The van der Waals surface area contributed by atoms with Crippen LogP contribution in [0.4, 0.5) is 0 Å². The molecule has 6 nitrogen and oxygen atoms in total. The SMILES string of the molecule is CCOC(=O)CCCC1(C(=O)OCC)N=CC=C1N.Cl. The number of rotatable bonds is 7. The summed E-state index contributed by atoms with van der Waals surface area (Å²) in [5.41, 5.74) is 5.03. The maximum Gasteiger partial charge on any atom is 0.340 e. The summed E-state index contributed by atoms with van der Waals surface area (Å²) in [6.07, 6.45) is 4.11. The lowest BCUT2D eigenvalue weighted by molar-refractivity contribution is -0.149. The topological polar surface area (TPSA) is 91.0 Å². The van der Waals surface area contributed by atoms with Gasteiger partial charge in [-0.2, -0.15) is 0 Å². The van der Waals surface area contributed by atoms with Crippen molar-refractivity contribution in [2.45, 2.75) is 38.6 Å². The molecule has 0 radical (unpaired) electrons. The van der Waals surface area contributed by atoms with Gasteiger partial charge in [0.1, 0.15) is 0 Å².